The number of nitrogens with zero attached hydrogens (tertiary/aromatic N) is 7. The number of nitro groups is 7. The lowest BCUT2D eigenvalue weighted by Crippen LogP contribution is -2.03. The molecule has 4 aromatic carbocycles. The van der Waals surface area contributed by atoms with E-state index < -0.39 is 107 Å². The van der Waals surface area contributed by atoms with Gasteiger partial charge in [0.15, 0.2) is 0 Å². The third-order valence-electron chi connectivity index (χ3n) is 6.13. The minimum Gasteiger partial charge on any atom is -0.258 e. The van der Waals surface area contributed by atoms with Crippen LogP contribution in [0, 0.1) is 70.8 Å². The summed E-state index contributed by atoms with van der Waals surface area (Å²) in [5.41, 5.74) is -10.4. The third kappa shape index (κ3) is 4.90. The molecule has 0 spiro atoms. The van der Waals surface area contributed by atoms with Gasteiger partial charge in [-0.2, -0.15) is 0 Å². The Bertz CT molecular complexity index is 1920. The molecule has 0 aliphatic carbocycles. The fourth-order valence-corrected chi connectivity index (χ4v) is 4.50. The molecule has 0 unspecified atom stereocenters. The second-order valence-corrected chi connectivity index (χ2v) is 8.38. The molecule has 0 atom stereocenters. The fourth-order valence-electron chi connectivity index (χ4n) is 4.50. The van der Waals surface area contributed by atoms with Gasteiger partial charge in [-0.15, -0.1) is 0 Å². The highest BCUT2D eigenvalue weighted by Crippen LogP contribution is 2.50. The van der Waals surface area contributed by atoms with E-state index in [9.17, 15) is 70.8 Å². The lowest BCUT2D eigenvalue weighted by molar-refractivity contribution is -0.402. The minimum absolute atomic E-state index is 0.392. The average Bonchev–Trinajstić information content (AvgIpc) is 2.94. The van der Waals surface area contributed by atoms with Crippen LogP contribution < -0.4 is 0 Å². The average molecular weight is 595 g/mol. The van der Waals surface area contributed by atoms with Gasteiger partial charge in [-0.1, -0.05) is 24.3 Å². The van der Waals surface area contributed by atoms with Crippen molar-refractivity contribution in [2.45, 2.75) is 0 Å². The molecular formula is C22H9N7O14. The smallest absolute Gasteiger partial charge is 0.258 e. The van der Waals surface area contributed by atoms with Gasteiger partial charge < -0.3 is 0 Å². The third-order valence-corrected chi connectivity index (χ3v) is 6.13. The van der Waals surface area contributed by atoms with Crippen molar-refractivity contribution >= 4 is 50.6 Å². The zero-order chi connectivity index (χ0) is 31.9. The highest BCUT2D eigenvalue weighted by Gasteiger charge is 2.37. The number of hydrogen-bond donors (Lipinski definition) is 0. The Morgan fingerprint density at radius 3 is 1.09 bits per heavy atom. The Balaban J connectivity index is 2.29. The van der Waals surface area contributed by atoms with Gasteiger partial charge in [0.1, 0.15) is 11.1 Å². The number of benzene rings is 4. The molecule has 0 N–H and O–H groups in total. The van der Waals surface area contributed by atoms with Gasteiger partial charge in [0, 0.05) is 17.2 Å². The Morgan fingerprint density at radius 2 is 0.744 bits per heavy atom. The summed E-state index contributed by atoms with van der Waals surface area (Å²) in [6.45, 7) is 0. The molecule has 0 fully saturated rings. The van der Waals surface area contributed by atoms with E-state index in [0.717, 1.165) is 30.3 Å². The van der Waals surface area contributed by atoms with Crippen LogP contribution >= 0.6 is 0 Å². The summed E-state index contributed by atoms with van der Waals surface area (Å²) in [5, 5.41) is 81.4. The summed E-state index contributed by atoms with van der Waals surface area (Å²) in [6.07, 6.45) is 0. The quantitative estimate of drug-likeness (QED) is 0.170. The van der Waals surface area contributed by atoms with Crippen LogP contribution in [0.15, 0.2) is 54.6 Å². The van der Waals surface area contributed by atoms with Crippen LogP contribution in [0.4, 0.5) is 39.8 Å². The van der Waals surface area contributed by atoms with E-state index >= 15 is 0 Å². The molecule has 0 aromatic heterocycles. The first-order valence-electron chi connectivity index (χ1n) is 11.1. The molecule has 216 valence electrons. The molecule has 21 heteroatoms. The van der Waals surface area contributed by atoms with Gasteiger partial charge in [0.2, 0.25) is 0 Å². The van der Waals surface area contributed by atoms with Crippen molar-refractivity contribution in [3.8, 4) is 22.3 Å². The van der Waals surface area contributed by atoms with Crippen molar-refractivity contribution in [1.29, 1.82) is 0 Å². The van der Waals surface area contributed by atoms with E-state index in [1.165, 1.54) is 0 Å². The maximum Gasteiger partial charge on any atom is 0.291 e. The molecule has 4 rings (SSSR count). The molecule has 4 aromatic rings. The van der Waals surface area contributed by atoms with E-state index in [-0.39, 0.29) is 0 Å². The van der Waals surface area contributed by atoms with Crippen LogP contribution in [0.5, 0.6) is 0 Å². The van der Waals surface area contributed by atoms with E-state index in [4.69, 9.17) is 0 Å². The molecule has 0 bridgehead atoms. The highest BCUT2D eigenvalue weighted by molar-refractivity contribution is 6.13. The fraction of sp³-hybridized carbons (Fsp3) is 0. The standard InChI is InChI=1S/C22H9N7O14/c30-23(31)10-6-16(26(36)37)21(17(7-10)27(38)39)13-4-5-14(20-12(13)2-1-3-15(20)25(34)35)22-18(28(40)41)8-11(24(32)33)9-19(22)29(42)43/h1-9H. The lowest BCUT2D eigenvalue weighted by atomic mass is 9.88. The topological polar surface area (TPSA) is 302 Å². The van der Waals surface area contributed by atoms with E-state index in [1.807, 2.05) is 0 Å². The Kier molecular flexibility index (Phi) is 7.06. The highest BCUT2D eigenvalue weighted by atomic mass is 16.7. The second-order valence-electron chi connectivity index (χ2n) is 8.38. The number of non-ortho nitro benzene ring substituents is 3. The molecule has 21 nitrogen and oxygen atoms in total. The Morgan fingerprint density at radius 1 is 0.395 bits per heavy atom. The van der Waals surface area contributed by atoms with Crippen LogP contribution in [0.2, 0.25) is 0 Å². The Labute approximate surface area is 233 Å². The summed E-state index contributed by atoms with van der Waals surface area (Å²) in [6, 6.07) is 6.33. The van der Waals surface area contributed by atoms with E-state index in [0.29, 0.717) is 24.3 Å². The first-order valence-corrected chi connectivity index (χ1v) is 11.1. The van der Waals surface area contributed by atoms with Crippen molar-refractivity contribution in [2.75, 3.05) is 0 Å². The summed E-state index contributed by atoms with van der Waals surface area (Å²) < 4.78 is 0. The van der Waals surface area contributed by atoms with Gasteiger partial charge in [-0.25, -0.2) is 0 Å². The van der Waals surface area contributed by atoms with Crippen LogP contribution in [0.1, 0.15) is 0 Å². The zero-order valence-corrected chi connectivity index (χ0v) is 20.5. The first-order chi connectivity index (χ1) is 20.1. The van der Waals surface area contributed by atoms with E-state index in [1.54, 1.807) is 0 Å². The van der Waals surface area contributed by atoms with Gasteiger partial charge in [0.25, 0.3) is 39.8 Å². The molecule has 43 heavy (non-hydrogen) atoms. The molecule has 0 saturated heterocycles. The van der Waals surface area contributed by atoms with Gasteiger partial charge >= 0.3 is 0 Å². The summed E-state index contributed by atoms with van der Waals surface area (Å²) >= 11 is 0. The molecule has 0 saturated carbocycles. The minimum atomic E-state index is -1.20. The number of hydrogen-bond acceptors (Lipinski definition) is 14. The SMILES string of the molecule is O=[N+]([O-])c1cc([N+](=O)[O-])c(-c2ccc(-c3c([N+](=O)[O-])cc([N+](=O)[O-])cc3[N+](=O)[O-])c3c([N+](=O)[O-])cccc23)c([N+](=O)[O-])c1. The molecular weight excluding hydrogens is 586 g/mol. The van der Waals surface area contributed by atoms with E-state index in [2.05, 4.69) is 0 Å². The van der Waals surface area contributed by atoms with Crippen LogP contribution in [-0.4, -0.2) is 34.5 Å². The summed E-state index contributed by atoms with van der Waals surface area (Å²) in [5.74, 6) is 0. The molecule has 0 aliphatic rings. The van der Waals surface area contributed by atoms with Crippen molar-refractivity contribution < 1.29 is 34.5 Å². The maximum absolute atomic E-state index is 12.1. The molecule has 0 radical (unpaired) electrons. The van der Waals surface area contributed by atoms with Crippen molar-refractivity contribution in [3.63, 3.8) is 0 Å². The van der Waals surface area contributed by atoms with Crippen molar-refractivity contribution in [1.82, 2.24) is 0 Å². The van der Waals surface area contributed by atoms with Crippen LogP contribution in [0.25, 0.3) is 33.0 Å². The van der Waals surface area contributed by atoms with Crippen LogP contribution in [-0.2, 0) is 0 Å². The zero-order valence-electron chi connectivity index (χ0n) is 20.5. The monoisotopic (exact) mass is 595 g/mol. The summed E-state index contributed by atoms with van der Waals surface area (Å²) in [4.78, 5) is 74.4. The van der Waals surface area contributed by atoms with Crippen LogP contribution in [0.3, 0.4) is 0 Å². The number of rotatable bonds is 9. The largest absolute Gasteiger partial charge is 0.291 e. The molecule has 0 heterocycles. The molecule has 0 amide bonds. The Hall–Kier alpha value is -7.06. The van der Waals surface area contributed by atoms with Gasteiger partial charge in [0.05, 0.1) is 64.1 Å². The summed E-state index contributed by atoms with van der Waals surface area (Å²) in [7, 11) is 0. The maximum atomic E-state index is 12.1. The predicted octanol–water partition coefficient (Wildman–Crippen LogP) is 5.53. The normalized spacial score (nSPS) is 10.7. The van der Waals surface area contributed by atoms with Crippen molar-refractivity contribution in [3.05, 3.63) is 125 Å². The molecule has 0 aliphatic heterocycles. The first kappa shape index (κ1) is 28.9. The number of nitro benzene ring substituents is 7. The number of fused-ring (bicyclic) bond motifs is 1. The van der Waals surface area contributed by atoms with Gasteiger partial charge in [-0.3, -0.25) is 70.8 Å². The lowest BCUT2D eigenvalue weighted by Gasteiger charge is -2.13. The van der Waals surface area contributed by atoms with Crippen molar-refractivity contribution in [2.24, 2.45) is 0 Å². The second kappa shape index (κ2) is 10.5. The predicted molar refractivity (Wildman–Crippen MR) is 141 cm³/mol. The van der Waals surface area contributed by atoms with Gasteiger partial charge in [-0.05, 0) is 5.39 Å².